The Balaban J connectivity index is 3.20. The Bertz CT molecular complexity index is 241. The molecule has 0 fully saturated rings. The van der Waals surface area contributed by atoms with E-state index in [1.807, 2.05) is 0 Å². The summed E-state index contributed by atoms with van der Waals surface area (Å²) in [5.74, 6) is 0.0325. The fourth-order valence-electron chi connectivity index (χ4n) is 1.23. The van der Waals surface area contributed by atoms with Gasteiger partial charge in [0, 0.05) is 31.0 Å². The SMILES string of the molecule is [N-]=[N+]=NCCCCCC(=O)NCCOCCN. The Morgan fingerprint density at radius 3 is 2.88 bits per heavy atom. The average Bonchev–Trinajstić information content (AvgIpc) is 2.33. The van der Waals surface area contributed by atoms with Crippen molar-refractivity contribution in [3.8, 4) is 0 Å². The van der Waals surface area contributed by atoms with E-state index >= 15 is 0 Å². The molecule has 0 aromatic carbocycles. The maximum absolute atomic E-state index is 11.3. The number of carbonyl (C=O) groups is 1. The molecule has 3 N–H and O–H groups in total. The number of hydrogen-bond donors (Lipinski definition) is 2. The second-order valence-corrected chi connectivity index (χ2v) is 3.52. The summed E-state index contributed by atoms with van der Waals surface area (Å²) < 4.78 is 5.12. The van der Waals surface area contributed by atoms with Crippen molar-refractivity contribution < 1.29 is 9.53 Å². The van der Waals surface area contributed by atoms with Crippen molar-refractivity contribution in [2.75, 3.05) is 32.8 Å². The van der Waals surface area contributed by atoms with E-state index < -0.39 is 0 Å². The lowest BCUT2D eigenvalue weighted by Gasteiger charge is -2.05. The Morgan fingerprint density at radius 1 is 1.35 bits per heavy atom. The van der Waals surface area contributed by atoms with Crippen LogP contribution < -0.4 is 11.1 Å². The van der Waals surface area contributed by atoms with Gasteiger partial charge in [0.15, 0.2) is 0 Å². The number of nitrogens with zero attached hydrogens (tertiary/aromatic N) is 3. The second-order valence-electron chi connectivity index (χ2n) is 3.52. The predicted molar refractivity (Wildman–Crippen MR) is 65.4 cm³/mol. The minimum atomic E-state index is 0.0325. The molecule has 0 aliphatic carbocycles. The summed E-state index contributed by atoms with van der Waals surface area (Å²) in [6.45, 7) is 2.55. The molecule has 0 saturated carbocycles. The van der Waals surface area contributed by atoms with E-state index in [2.05, 4.69) is 15.3 Å². The number of ether oxygens (including phenoxy) is 1. The fraction of sp³-hybridized carbons (Fsp3) is 0.900. The normalized spacial score (nSPS) is 9.71. The van der Waals surface area contributed by atoms with Gasteiger partial charge in [-0.15, -0.1) is 0 Å². The smallest absolute Gasteiger partial charge is 0.220 e. The summed E-state index contributed by atoms with van der Waals surface area (Å²) in [5, 5.41) is 6.18. The third-order valence-corrected chi connectivity index (χ3v) is 2.06. The monoisotopic (exact) mass is 243 g/mol. The zero-order valence-corrected chi connectivity index (χ0v) is 10.1. The van der Waals surface area contributed by atoms with Gasteiger partial charge >= 0.3 is 0 Å². The third kappa shape index (κ3) is 12.6. The van der Waals surface area contributed by atoms with Gasteiger partial charge in [-0.3, -0.25) is 4.79 Å². The quantitative estimate of drug-likeness (QED) is 0.244. The van der Waals surface area contributed by atoms with Gasteiger partial charge in [0.25, 0.3) is 0 Å². The zero-order chi connectivity index (χ0) is 12.8. The van der Waals surface area contributed by atoms with E-state index in [1.165, 1.54) is 0 Å². The van der Waals surface area contributed by atoms with Crippen molar-refractivity contribution in [3.05, 3.63) is 10.4 Å². The van der Waals surface area contributed by atoms with E-state index in [9.17, 15) is 4.79 Å². The van der Waals surface area contributed by atoms with E-state index in [1.54, 1.807) is 0 Å². The number of hydrogen-bond acceptors (Lipinski definition) is 4. The maximum atomic E-state index is 11.3. The van der Waals surface area contributed by atoms with Gasteiger partial charge in [-0.25, -0.2) is 0 Å². The standard InChI is InChI=1S/C10H21N5O2/c11-5-8-17-9-7-13-10(16)4-2-1-3-6-14-15-12/h1-9,11H2,(H,13,16). The number of unbranched alkanes of at least 4 members (excludes halogenated alkanes) is 2. The highest BCUT2D eigenvalue weighted by molar-refractivity contribution is 5.75. The fourth-order valence-corrected chi connectivity index (χ4v) is 1.23. The highest BCUT2D eigenvalue weighted by Gasteiger charge is 1.99. The molecule has 0 radical (unpaired) electrons. The van der Waals surface area contributed by atoms with Crippen LogP contribution in [0.2, 0.25) is 0 Å². The van der Waals surface area contributed by atoms with E-state index in [0.717, 1.165) is 19.3 Å². The summed E-state index contributed by atoms with van der Waals surface area (Å²) in [6, 6.07) is 0. The molecule has 0 unspecified atom stereocenters. The van der Waals surface area contributed by atoms with Crippen molar-refractivity contribution in [2.45, 2.75) is 25.7 Å². The molecule has 0 bridgehead atoms. The van der Waals surface area contributed by atoms with Crippen molar-refractivity contribution in [3.63, 3.8) is 0 Å². The molecule has 0 atom stereocenters. The molecule has 0 aliphatic heterocycles. The highest BCUT2D eigenvalue weighted by Crippen LogP contribution is 1.99. The zero-order valence-electron chi connectivity index (χ0n) is 10.1. The average molecular weight is 243 g/mol. The Labute approximate surface area is 101 Å². The Kier molecular flexibility index (Phi) is 11.8. The molecule has 0 aromatic rings. The van der Waals surface area contributed by atoms with Gasteiger partial charge in [-0.1, -0.05) is 11.5 Å². The predicted octanol–water partition coefficient (Wildman–Crippen LogP) is 0.949. The topological polar surface area (TPSA) is 113 Å². The lowest BCUT2D eigenvalue weighted by molar-refractivity contribution is -0.121. The van der Waals surface area contributed by atoms with Crippen LogP contribution in [0.3, 0.4) is 0 Å². The minimum absolute atomic E-state index is 0.0325. The minimum Gasteiger partial charge on any atom is -0.378 e. The van der Waals surface area contributed by atoms with Crippen molar-refractivity contribution in [1.82, 2.24) is 5.32 Å². The molecule has 7 nitrogen and oxygen atoms in total. The van der Waals surface area contributed by atoms with E-state index in [0.29, 0.717) is 39.3 Å². The van der Waals surface area contributed by atoms with Crippen LogP contribution in [0.5, 0.6) is 0 Å². The summed E-state index contributed by atoms with van der Waals surface area (Å²) in [5.41, 5.74) is 13.3. The third-order valence-electron chi connectivity index (χ3n) is 2.06. The Hall–Kier alpha value is -1.30. The lowest BCUT2D eigenvalue weighted by Crippen LogP contribution is -2.27. The summed E-state index contributed by atoms with van der Waals surface area (Å²) in [7, 11) is 0. The van der Waals surface area contributed by atoms with Crippen molar-refractivity contribution >= 4 is 5.91 Å². The van der Waals surface area contributed by atoms with Crippen LogP contribution in [0.4, 0.5) is 0 Å². The highest BCUT2D eigenvalue weighted by atomic mass is 16.5. The molecule has 0 heterocycles. The molecule has 7 heteroatoms. The van der Waals surface area contributed by atoms with Gasteiger partial charge in [0.2, 0.25) is 5.91 Å². The lowest BCUT2D eigenvalue weighted by atomic mass is 10.2. The Morgan fingerprint density at radius 2 is 2.18 bits per heavy atom. The number of carbonyl (C=O) groups excluding carboxylic acids is 1. The van der Waals surface area contributed by atoms with Crippen molar-refractivity contribution in [1.29, 1.82) is 0 Å². The van der Waals surface area contributed by atoms with Crippen LogP contribution in [0.15, 0.2) is 5.11 Å². The first-order valence-electron chi connectivity index (χ1n) is 5.86. The van der Waals surface area contributed by atoms with Crippen LogP contribution in [0.1, 0.15) is 25.7 Å². The molecule has 0 rings (SSSR count). The van der Waals surface area contributed by atoms with Gasteiger partial charge in [0.05, 0.1) is 13.2 Å². The van der Waals surface area contributed by atoms with Gasteiger partial charge < -0.3 is 15.8 Å². The van der Waals surface area contributed by atoms with Gasteiger partial charge in [-0.2, -0.15) is 0 Å². The first-order valence-corrected chi connectivity index (χ1v) is 5.86. The van der Waals surface area contributed by atoms with E-state index in [4.69, 9.17) is 16.0 Å². The molecule has 0 aromatic heterocycles. The number of nitrogens with one attached hydrogen (secondary N) is 1. The first kappa shape index (κ1) is 15.7. The molecular formula is C10H21N5O2. The van der Waals surface area contributed by atoms with Crippen molar-refractivity contribution in [2.24, 2.45) is 10.8 Å². The summed E-state index contributed by atoms with van der Waals surface area (Å²) in [6.07, 6.45) is 3.05. The van der Waals surface area contributed by atoms with Crippen LogP contribution in [0.25, 0.3) is 10.4 Å². The second kappa shape index (κ2) is 12.8. The first-order chi connectivity index (χ1) is 8.31. The number of rotatable bonds is 11. The van der Waals surface area contributed by atoms with Crippen LogP contribution in [0, 0.1) is 0 Å². The molecular weight excluding hydrogens is 222 g/mol. The molecule has 0 saturated heterocycles. The molecule has 0 aliphatic rings. The molecule has 0 spiro atoms. The van der Waals surface area contributed by atoms with Crippen LogP contribution in [-0.4, -0.2) is 38.8 Å². The number of azide groups is 1. The van der Waals surface area contributed by atoms with Crippen LogP contribution in [-0.2, 0) is 9.53 Å². The largest absolute Gasteiger partial charge is 0.378 e. The van der Waals surface area contributed by atoms with E-state index in [-0.39, 0.29) is 5.91 Å². The summed E-state index contributed by atoms with van der Waals surface area (Å²) in [4.78, 5) is 13.9. The molecule has 98 valence electrons. The molecule has 17 heavy (non-hydrogen) atoms. The number of nitrogens with two attached hydrogens (primary N) is 1. The number of amides is 1. The maximum Gasteiger partial charge on any atom is 0.220 e. The molecule has 1 amide bonds. The van der Waals surface area contributed by atoms with Crippen LogP contribution >= 0.6 is 0 Å². The summed E-state index contributed by atoms with van der Waals surface area (Å²) >= 11 is 0. The van der Waals surface area contributed by atoms with Gasteiger partial charge in [0.1, 0.15) is 0 Å². The van der Waals surface area contributed by atoms with Gasteiger partial charge in [-0.05, 0) is 18.4 Å².